The fourth-order valence-corrected chi connectivity index (χ4v) is 3.98. The smallest absolute Gasteiger partial charge is 0.195 e. The van der Waals surface area contributed by atoms with Crippen LogP contribution in [0.5, 0.6) is 11.5 Å². The zero-order valence-electron chi connectivity index (χ0n) is 19.4. The minimum absolute atomic E-state index is 0.156. The van der Waals surface area contributed by atoms with Crippen LogP contribution in [0.25, 0.3) is 0 Å². The summed E-state index contributed by atoms with van der Waals surface area (Å²) in [5, 5.41) is 0. The molecule has 4 heteroatoms. The van der Waals surface area contributed by atoms with Crippen LogP contribution in [0.2, 0.25) is 0 Å². The van der Waals surface area contributed by atoms with E-state index in [-0.39, 0.29) is 5.78 Å². The summed E-state index contributed by atoms with van der Waals surface area (Å²) in [5.41, 5.74) is 3.42. The van der Waals surface area contributed by atoms with Crippen molar-refractivity contribution in [2.45, 2.75) is 18.6 Å². The van der Waals surface area contributed by atoms with Crippen molar-refractivity contribution >= 4 is 5.78 Å². The zero-order valence-corrected chi connectivity index (χ0v) is 19.4. The summed E-state index contributed by atoms with van der Waals surface area (Å²) < 4.78 is 17.6. The number of Topliss-reactive ketones (excluding diaryl/α,β-unsaturated/α-hetero) is 1. The molecule has 4 aromatic rings. The van der Waals surface area contributed by atoms with Gasteiger partial charge in [-0.15, -0.1) is 0 Å². The Kier molecular flexibility index (Phi) is 7.74. The van der Waals surface area contributed by atoms with E-state index < -0.39 is 12.2 Å². The molecule has 0 heterocycles. The van der Waals surface area contributed by atoms with Gasteiger partial charge >= 0.3 is 0 Å². The molecule has 1 atom stereocenters. The summed E-state index contributed by atoms with van der Waals surface area (Å²) in [7, 11) is 3.14. The van der Waals surface area contributed by atoms with Gasteiger partial charge in [-0.2, -0.15) is 0 Å². The molecule has 0 aliphatic heterocycles. The molecule has 34 heavy (non-hydrogen) atoms. The fourth-order valence-electron chi connectivity index (χ4n) is 3.98. The van der Waals surface area contributed by atoms with Gasteiger partial charge in [0.25, 0.3) is 0 Å². The molecule has 0 aliphatic rings. The highest BCUT2D eigenvalue weighted by atomic mass is 16.5. The summed E-state index contributed by atoms with van der Waals surface area (Å²) in [6, 6.07) is 35.1. The van der Waals surface area contributed by atoms with Crippen molar-refractivity contribution in [1.82, 2.24) is 0 Å². The number of carbonyl (C=O) groups excluding carboxylic acids is 1. The fraction of sp³-hybridized carbons (Fsp3) is 0.167. The molecule has 0 aromatic heterocycles. The van der Waals surface area contributed by atoms with Crippen molar-refractivity contribution in [2.24, 2.45) is 0 Å². The molecular weight excluding hydrogens is 424 g/mol. The Bertz CT molecular complexity index is 1150. The lowest BCUT2D eigenvalue weighted by molar-refractivity contribution is 0.0127. The van der Waals surface area contributed by atoms with E-state index in [2.05, 4.69) is 0 Å². The Morgan fingerprint density at radius 2 is 1.26 bits per heavy atom. The standard InChI is InChI=1S/C30H28O4/c1-32-25-18-19-27(33-2)26(21-25)29(31)28(20-22-12-6-3-7-13-22)34-30(23-14-8-4-9-15-23)24-16-10-5-11-17-24/h3-19,21,28,30H,20H2,1-2H3/t28-/m1/s1. The van der Waals surface area contributed by atoms with Gasteiger partial charge in [-0.1, -0.05) is 91.0 Å². The van der Waals surface area contributed by atoms with Crippen LogP contribution < -0.4 is 9.47 Å². The second-order valence-electron chi connectivity index (χ2n) is 7.95. The highest BCUT2D eigenvalue weighted by molar-refractivity contribution is 6.02. The number of benzene rings is 4. The number of hydrogen-bond acceptors (Lipinski definition) is 4. The first kappa shape index (κ1) is 23.3. The van der Waals surface area contributed by atoms with E-state index in [9.17, 15) is 4.79 Å². The SMILES string of the molecule is COc1ccc(OC)c(C(=O)[C@@H](Cc2ccccc2)OC(c2ccccc2)c2ccccc2)c1. The lowest BCUT2D eigenvalue weighted by Crippen LogP contribution is -2.29. The molecule has 172 valence electrons. The van der Waals surface area contributed by atoms with Crippen LogP contribution in [0.4, 0.5) is 0 Å². The van der Waals surface area contributed by atoms with Crippen molar-refractivity contribution in [3.05, 3.63) is 131 Å². The maximum atomic E-state index is 13.9. The Morgan fingerprint density at radius 1 is 0.706 bits per heavy atom. The maximum absolute atomic E-state index is 13.9. The first-order valence-corrected chi connectivity index (χ1v) is 11.2. The number of carbonyl (C=O) groups is 1. The molecule has 0 aliphatic carbocycles. The minimum Gasteiger partial charge on any atom is -0.497 e. The highest BCUT2D eigenvalue weighted by Gasteiger charge is 2.29. The van der Waals surface area contributed by atoms with Crippen molar-refractivity contribution < 1.29 is 19.0 Å². The van der Waals surface area contributed by atoms with Gasteiger partial charge in [0.15, 0.2) is 5.78 Å². The van der Waals surface area contributed by atoms with Gasteiger partial charge < -0.3 is 14.2 Å². The number of rotatable bonds is 10. The summed E-state index contributed by atoms with van der Waals surface area (Å²) in [5.74, 6) is 0.921. The topological polar surface area (TPSA) is 44.8 Å². The lowest BCUT2D eigenvalue weighted by atomic mass is 9.96. The van der Waals surface area contributed by atoms with Gasteiger partial charge in [-0.05, 0) is 34.9 Å². The number of ketones is 1. The number of ether oxygens (including phenoxy) is 3. The molecule has 4 rings (SSSR count). The number of methoxy groups -OCH3 is 2. The average molecular weight is 453 g/mol. The molecule has 0 saturated heterocycles. The lowest BCUT2D eigenvalue weighted by Gasteiger charge is -2.26. The summed E-state index contributed by atoms with van der Waals surface area (Å²) in [6.45, 7) is 0. The van der Waals surface area contributed by atoms with Gasteiger partial charge in [0.05, 0.1) is 19.8 Å². The highest BCUT2D eigenvalue weighted by Crippen LogP contribution is 2.32. The van der Waals surface area contributed by atoms with Crippen LogP contribution in [-0.2, 0) is 11.2 Å². The normalized spacial score (nSPS) is 11.7. The van der Waals surface area contributed by atoms with Crippen LogP contribution in [-0.4, -0.2) is 26.1 Å². The Labute approximate surface area is 200 Å². The Hall–Kier alpha value is -3.89. The van der Waals surface area contributed by atoms with Crippen LogP contribution in [0.1, 0.15) is 33.2 Å². The van der Waals surface area contributed by atoms with Crippen molar-refractivity contribution in [3.63, 3.8) is 0 Å². The predicted molar refractivity (Wildman–Crippen MR) is 134 cm³/mol. The average Bonchev–Trinajstić information content (AvgIpc) is 2.91. The van der Waals surface area contributed by atoms with Gasteiger partial charge in [-0.25, -0.2) is 0 Å². The summed E-state index contributed by atoms with van der Waals surface area (Å²) >= 11 is 0. The minimum atomic E-state index is -0.742. The largest absolute Gasteiger partial charge is 0.497 e. The molecule has 0 spiro atoms. The van der Waals surface area contributed by atoms with Gasteiger partial charge in [0.2, 0.25) is 0 Å². The van der Waals surface area contributed by atoms with E-state index in [1.165, 1.54) is 0 Å². The molecule has 4 aromatic carbocycles. The third-order valence-corrected chi connectivity index (χ3v) is 5.73. The first-order chi connectivity index (χ1) is 16.7. The maximum Gasteiger partial charge on any atom is 0.195 e. The van der Waals surface area contributed by atoms with Crippen molar-refractivity contribution in [1.29, 1.82) is 0 Å². The third kappa shape index (κ3) is 5.53. The van der Waals surface area contributed by atoms with Crippen LogP contribution in [0, 0.1) is 0 Å². The molecule has 0 unspecified atom stereocenters. The van der Waals surface area contributed by atoms with E-state index in [0.29, 0.717) is 23.5 Å². The van der Waals surface area contributed by atoms with E-state index in [1.807, 2.05) is 91.0 Å². The van der Waals surface area contributed by atoms with E-state index in [4.69, 9.17) is 14.2 Å². The monoisotopic (exact) mass is 452 g/mol. The molecule has 0 N–H and O–H groups in total. The van der Waals surface area contributed by atoms with Gasteiger partial charge in [0.1, 0.15) is 23.7 Å². The first-order valence-electron chi connectivity index (χ1n) is 11.2. The van der Waals surface area contributed by atoms with Crippen molar-refractivity contribution in [2.75, 3.05) is 14.2 Å². The molecule has 0 amide bonds. The van der Waals surface area contributed by atoms with E-state index in [0.717, 1.165) is 16.7 Å². The second kappa shape index (κ2) is 11.3. The molecule has 0 radical (unpaired) electrons. The number of hydrogen-bond donors (Lipinski definition) is 0. The molecule has 0 bridgehead atoms. The molecule has 0 fully saturated rings. The van der Waals surface area contributed by atoms with Crippen LogP contribution in [0.15, 0.2) is 109 Å². The van der Waals surface area contributed by atoms with Crippen LogP contribution >= 0.6 is 0 Å². The Morgan fingerprint density at radius 3 is 1.79 bits per heavy atom. The Balaban J connectivity index is 1.76. The van der Waals surface area contributed by atoms with Crippen molar-refractivity contribution in [3.8, 4) is 11.5 Å². The molecule has 4 nitrogen and oxygen atoms in total. The third-order valence-electron chi connectivity index (χ3n) is 5.73. The summed E-state index contributed by atoms with van der Waals surface area (Å²) in [6.07, 6.45) is -0.721. The van der Waals surface area contributed by atoms with E-state index in [1.54, 1.807) is 32.4 Å². The summed E-state index contributed by atoms with van der Waals surface area (Å²) in [4.78, 5) is 13.9. The van der Waals surface area contributed by atoms with E-state index >= 15 is 0 Å². The molecular formula is C30H28O4. The quantitative estimate of drug-likeness (QED) is 0.265. The second-order valence-corrected chi connectivity index (χ2v) is 7.95. The predicted octanol–water partition coefficient (Wildman–Crippen LogP) is 6.30. The van der Waals surface area contributed by atoms with Gasteiger partial charge in [0, 0.05) is 6.42 Å². The van der Waals surface area contributed by atoms with Crippen LogP contribution in [0.3, 0.4) is 0 Å². The molecule has 0 saturated carbocycles. The zero-order chi connectivity index (χ0) is 23.8. The van der Waals surface area contributed by atoms with Gasteiger partial charge in [-0.3, -0.25) is 4.79 Å².